The molecule has 1 aliphatic carbocycles. The van der Waals surface area contributed by atoms with Crippen LogP contribution in [0.3, 0.4) is 0 Å². The van der Waals surface area contributed by atoms with Crippen molar-refractivity contribution in [2.24, 2.45) is 0 Å². The predicted octanol–water partition coefficient (Wildman–Crippen LogP) is 2.71. The van der Waals surface area contributed by atoms with Crippen LogP contribution in [-0.4, -0.2) is 29.2 Å². The van der Waals surface area contributed by atoms with E-state index in [1.807, 2.05) is 13.0 Å². The second kappa shape index (κ2) is 5.79. The van der Waals surface area contributed by atoms with Crippen molar-refractivity contribution in [2.45, 2.75) is 32.4 Å². The van der Waals surface area contributed by atoms with Crippen LogP contribution in [0.15, 0.2) is 27.4 Å². The second-order valence-electron chi connectivity index (χ2n) is 5.61. The van der Waals surface area contributed by atoms with Gasteiger partial charge < -0.3 is 9.52 Å². The van der Waals surface area contributed by atoms with E-state index in [1.165, 1.54) is 6.07 Å². The molecule has 0 radical (unpaired) electrons. The highest BCUT2D eigenvalue weighted by Crippen LogP contribution is 2.30. The van der Waals surface area contributed by atoms with Gasteiger partial charge in [-0.25, -0.2) is 4.79 Å². The smallest absolute Gasteiger partial charge is 0.336 e. The minimum Gasteiger partial charge on any atom is -0.423 e. The number of hydrogen-bond acceptors (Lipinski definition) is 4. The zero-order valence-corrected chi connectivity index (χ0v) is 12.7. The van der Waals surface area contributed by atoms with Gasteiger partial charge in [-0.15, -0.1) is 0 Å². The Morgan fingerprint density at radius 2 is 2.14 bits per heavy atom. The van der Waals surface area contributed by atoms with Crippen molar-refractivity contribution in [2.75, 3.05) is 13.2 Å². The molecule has 3 rings (SSSR count). The molecular weight excluding hydrogens is 290 g/mol. The molecule has 1 heterocycles. The van der Waals surface area contributed by atoms with Crippen LogP contribution in [0.1, 0.15) is 24.0 Å². The van der Waals surface area contributed by atoms with E-state index in [0.29, 0.717) is 29.7 Å². The first-order chi connectivity index (χ1) is 10.1. The average Bonchev–Trinajstić information content (AvgIpc) is 3.25. The van der Waals surface area contributed by atoms with E-state index in [4.69, 9.17) is 16.0 Å². The van der Waals surface area contributed by atoms with E-state index in [-0.39, 0.29) is 12.2 Å². The molecule has 112 valence electrons. The molecule has 0 amide bonds. The Morgan fingerprint density at radius 3 is 2.81 bits per heavy atom. The van der Waals surface area contributed by atoms with Gasteiger partial charge in [0.15, 0.2) is 0 Å². The molecule has 0 atom stereocenters. The lowest BCUT2D eigenvalue weighted by molar-refractivity contribution is 0.183. The highest BCUT2D eigenvalue weighted by Gasteiger charge is 2.29. The van der Waals surface area contributed by atoms with E-state index < -0.39 is 0 Å². The summed E-state index contributed by atoms with van der Waals surface area (Å²) in [7, 11) is 0. The van der Waals surface area contributed by atoms with Gasteiger partial charge >= 0.3 is 5.63 Å². The molecule has 1 saturated carbocycles. The summed E-state index contributed by atoms with van der Waals surface area (Å²) in [6.07, 6.45) is 2.30. The Hall–Kier alpha value is -1.36. The van der Waals surface area contributed by atoms with Crippen molar-refractivity contribution < 1.29 is 9.52 Å². The van der Waals surface area contributed by atoms with Crippen LogP contribution in [0.2, 0.25) is 5.02 Å². The molecule has 1 N–H and O–H groups in total. The third-order valence-corrected chi connectivity index (χ3v) is 4.34. The van der Waals surface area contributed by atoms with Crippen molar-refractivity contribution in [1.82, 2.24) is 4.90 Å². The summed E-state index contributed by atoms with van der Waals surface area (Å²) in [4.78, 5) is 14.0. The zero-order chi connectivity index (χ0) is 15.0. The van der Waals surface area contributed by atoms with Crippen molar-refractivity contribution in [3.63, 3.8) is 0 Å². The van der Waals surface area contributed by atoms with Gasteiger partial charge in [-0.2, -0.15) is 0 Å². The largest absolute Gasteiger partial charge is 0.423 e. The lowest BCUT2D eigenvalue weighted by Crippen LogP contribution is -2.29. The maximum absolute atomic E-state index is 11.8. The van der Waals surface area contributed by atoms with E-state index in [9.17, 15) is 9.90 Å². The number of rotatable bonds is 5. The normalized spacial score (nSPS) is 15.0. The fourth-order valence-electron chi connectivity index (χ4n) is 2.66. The van der Waals surface area contributed by atoms with E-state index >= 15 is 0 Å². The Labute approximate surface area is 127 Å². The summed E-state index contributed by atoms with van der Waals surface area (Å²) >= 11 is 6.20. The summed E-state index contributed by atoms with van der Waals surface area (Å²) < 4.78 is 5.27. The van der Waals surface area contributed by atoms with Crippen molar-refractivity contribution in [3.8, 4) is 0 Å². The molecule has 0 saturated heterocycles. The van der Waals surface area contributed by atoms with Crippen LogP contribution < -0.4 is 5.63 Å². The van der Waals surface area contributed by atoms with Crippen LogP contribution in [0, 0.1) is 6.92 Å². The van der Waals surface area contributed by atoms with Crippen LogP contribution >= 0.6 is 11.6 Å². The molecule has 5 heteroatoms. The molecule has 1 aromatic carbocycles. The van der Waals surface area contributed by atoms with E-state index in [1.54, 1.807) is 6.07 Å². The molecule has 1 aromatic heterocycles. The third-order valence-electron chi connectivity index (χ3n) is 3.93. The molecule has 0 bridgehead atoms. The van der Waals surface area contributed by atoms with Crippen LogP contribution in [0.4, 0.5) is 0 Å². The van der Waals surface area contributed by atoms with Gasteiger partial charge in [0, 0.05) is 35.6 Å². The highest BCUT2D eigenvalue weighted by molar-refractivity contribution is 6.32. The van der Waals surface area contributed by atoms with E-state index in [0.717, 1.165) is 29.4 Å². The van der Waals surface area contributed by atoms with Crippen LogP contribution in [-0.2, 0) is 6.54 Å². The first kappa shape index (κ1) is 14.6. The molecular formula is C16H18ClNO3. The lowest BCUT2D eigenvalue weighted by atomic mass is 10.1. The van der Waals surface area contributed by atoms with Gasteiger partial charge in [-0.05, 0) is 43.0 Å². The van der Waals surface area contributed by atoms with Gasteiger partial charge in [0.1, 0.15) is 5.58 Å². The number of nitrogens with zero attached hydrogens (tertiary/aromatic N) is 1. The molecule has 1 aliphatic rings. The number of aliphatic hydroxyl groups is 1. The topological polar surface area (TPSA) is 53.7 Å². The number of halogens is 1. The van der Waals surface area contributed by atoms with E-state index in [2.05, 4.69) is 4.90 Å². The Balaban J connectivity index is 2.03. The fraction of sp³-hybridized carbons (Fsp3) is 0.438. The summed E-state index contributed by atoms with van der Waals surface area (Å²) in [5.74, 6) is 0. The number of benzene rings is 1. The Bertz CT molecular complexity index is 721. The molecule has 1 fully saturated rings. The van der Waals surface area contributed by atoms with Crippen molar-refractivity contribution in [3.05, 3.63) is 44.8 Å². The summed E-state index contributed by atoms with van der Waals surface area (Å²) in [6.45, 7) is 3.26. The Morgan fingerprint density at radius 1 is 1.38 bits per heavy atom. The van der Waals surface area contributed by atoms with Gasteiger partial charge in [0.2, 0.25) is 0 Å². The number of aryl methyl sites for hydroxylation is 1. The minimum absolute atomic E-state index is 0.121. The summed E-state index contributed by atoms with van der Waals surface area (Å²) in [6, 6.07) is 5.70. The molecule has 21 heavy (non-hydrogen) atoms. The number of aliphatic hydroxyl groups excluding tert-OH is 1. The standard InChI is InChI=1S/C16H18ClNO3/c1-10-6-15-13(8-14(10)17)11(7-16(20)21-15)9-18(4-5-19)12-2-3-12/h6-8,12,19H,2-5,9H2,1H3. The van der Waals surface area contributed by atoms with Gasteiger partial charge in [-0.3, -0.25) is 4.90 Å². The molecule has 0 aliphatic heterocycles. The lowest BCUT2D eigenvalue weighted by Gasteiger charge is -2.21. The second-order valence-corrected chi connectivity index (χ2v) is 6.02. The fourth-order valence-corrected chi connectivity index (χ4v) is 2.82. The van der Waals surface area contributed by atoms with Crippen LogP contribution in [0.5, 0.6) is 0 Å². The zero-order valence-electron chi connectivity index (χ0n) is 11.9. The molecule has 0 spiro atoms. The van der Waals surface area contributed by atoms with Crippen molar-refractivity contribution >= 4 is 22.6 Å². The maximum atomic E-state index is 11.8. The first-order valence-corrected chi connectivity index (χ1v) is 7.54. The monoisotopic (exact) mass is 307 g/mol. The van der Waals surface area contributed by atoms with Crippen molar-refractivity contribution in [1.29, 1.82) is 0 Å². The van der Waals surface area contributed by atoms with Gasteiger partial charge in [-0.1, -0.05) is 11.6 Å². The predicted molar refractivity (Wildman–Crippen MR) is 82.7 cm³/mol. The number of fused-ring (bicyclic) bond motifs is 1. The third kappa shape index (κ3) is 3.12. The summed E-state index contributed by atoms with van der Waals surface area (Å²) in [5, 5.41) is 10.7. The molecule has 4 nitrogen and oxygen atoms in total. The molecule has 2 aromatic rings. The quantitative estimate of drug-likeness (QED) is 0.863. The van der Waals surface area contributed by atoms with Gasteiger partial charge in [0.25, 0.3) is 0 Å². The van der Waals surface area contributed by atoms with Gasteiger partial charge in [0.05, 0.1) is 6.61 Å². The Kier molecular flexibility index (Phi) is 4.02. The highest BCUT2D eigenvalue weighted by atomic mass is 35.5. The maximum Gasteiger partial charge on any atom is 0.336 e. The van der Waals surface area contributed by atoms with Crippen LogP contribution in [0.25, 0.3) is 11.0 Å². The minimum atomic E-state index is -0.348. The SMILES string of the molecule is Cc1cc2oc(=O)cc(CN(CCO)C3CC3)c2cc1Cl. The molecule has 0 unspecified atom stereocenters. The number of hydrogen-bond donors (Lipinski definition) is 1. The first-order valence-electron chi connectivity index (χ1n) is 7.16. The average molecular weight is 308 g/mol. The summed E-state index contributed by atoms with van der Waals surface area (Å²) in [5.41, 5.74) is 2.01.